The van der Waals surface area contributed by atoms with E-state index in [4.69, 9.17) is 9.47 Å². The molecule has 0 spiro atoms. The van der Waals surface area contributed by atoms with Gasteiger partial charge in [0.15, 0.2) is 11.5 Å². The molecule has 1 unspecified atom stereocenters. The molecule has 0 saturated heterocycles. The molecule has 28 heavy (non-hydrogen) atoms. The Balaban J connectivity index is 0.000000188. The smallest absolute Gasteiger partial charge is 0.411 e. The van der Waals surface area contributed by atoms with E-state index < -0.39 is 12.2 Å². The molecule has 7 heteroatoms. The number of aromatic nitrogens is 1. The molecule has 4 nitrogen and oxygen atoms in total. The maximum absolute atomic E-state index is 12.6. The zero-order chi connectivity index (χ0) is 20.1. The fourth-order valence-electron chi connectivity index (χ4n) is 2.88. The number of fused-ring (bicyclic) bond motifs is 2. The van der Waals surface area contributed by atoms with Crippen molar-refractivity contribution in [3.8, 4) is 11.5 Å². The van der Waals surface area contributed by atoms with E-state index in [0.29, 0.717) is 22.6 Å². The van der Waals surface area contributed by atoms with Crippen molar-refractivity contribution in [2.45, 2.75) is 18.6 Å². The molecule has 0 saturated carbocycles. The molecule has 0 N–H and O–H groups in total. The normalized spacial score (nSPS) is 15.4. The number of hydrogen-bond acceptors (Lipinski definition) is 4. The van der Waals surface area contributed by atoms with Gasteiger partial charge in [-0.25, -0.2) is 0 Å². The second-order valence-corrected chi connectivity index (χ2v) is 6.14. The molecule has 0 amide bonds. The van der Waals surface area contributed by atoms with Gasteiger partial charge in [0.05, 0.1) is 19.7 Å². The fourth-order valence-corrected chi connectivity index (χ4v) is 2.88. The van der Waals surface area contributed by atoms with Crippen LogP contribution in [0.3, 0.4) is 0 Å². The minimum atomic E-state index is -4.32. The molecular formula is C21H19F3N2O2. The van der Waals surface area contributed by atoms with Gasteiger partial charge in [-0.05, 0) is 35.4 Å². The number of pyridine rings is 1. The third-order valence-corrected chi connectivity index (χ3v) is 4.34. The SMILES string of the molecule is COc1cc2c(cc1OC)CC(C(F)(F)F)N=C2.c1ccc2ncccc2c1. The third-order valence-electron chi connectivity index (χ3n) is 4.34. The summed E-state index contributed by atoms with van der Waals surface area (Å²) < 4.78 is 47.9. The topological polar surface area (TPSA) is 43.7 Å². The van der Waals surface area contributed by atoms with Crippen LogP contribution < -0.4 is 9.47 Å². The highest BCUT2D eigenvalue weighted by Gasteiger charge is 2.40. The average Bonchev–Trinajstić information content (AvgIpc) is 2.72. The van der Waals surface area contributed by atoms with Gasteiger partial charge in [-0.15, -0.1) is 0 Å². The van der Waals surface area contributed by atoms with Gasteiger partial charge in [0.25, 0.3) is 0 Å². The van der Waals surface area contributed by atoms with Gasteiger partial charge in [-0.2, -0.15) is 13.2 Å². The Morgan fingerprint density at radius 3 is 2.32 bits per heavy atom. The van der Waals surface area contributed by atoms with E-state index in [9.17, 15) is 13.2 Å². The Morgan fingerprint density at radius 1 is 0.964 bits per heavy atom. The number of halogens is 3. The molecule has 4 rings (SSSR count). The van der Waals surface area contributed by atoms with Crippen molar-refractivity contribution >= 4 is 17.1 Å². The molecule has 2 heterocycles. The molecule has 0 bridgehead atoms. The van der Waals surface area contributed by atoms with Crippen LogP contribution in [0.4, 0.5) is 13.2 Å². The first-order valence-electron chi connectivity index (χ1n) is 8.57. The van der Waals surface area contributed by atoms with Crippen LogP contribution in [0.5, 0.6) is 11.5 Å². The highest BCUT2D eigenvalue weighted by molar-refractivity contribution is 5.84. The molecule has 1 atom stereocenters. The van der Waals surface area contributed by atoms with Crippen molar-refractivity contribution in [3.63, 3.8) is 0 Å². The Morgan fingerprint density at radius 2 is 1.64 bits per heavy atom. The largest absolute Gasteiger partial charge is 0.493 e. The molecule has 1 aromatic heterocycles. The van der Waals surface area contributed by atoms with E-state index in [1.165, 1.54) is 25.8 Å². The molecule has 1 aliphatic rings. The first-order chi connectivity index (χ1) is 13.4. The van der Waals surface area contributed by atoms with Crippen LogP contribution in [0.25, 0.3) is 10.9 Å². The molecule has 146 valence electrons. The number of nitrogens with zero attached hydrogens (tertiary/aromatic N) is 2. The summed E-state index contributed by atoms with van der Waals surface area (Å²) in [5.41, 5.74) is 2.25. The second-order valence-electron chi connectivity index (χ2n) is 6.14. The molecule has 0 radical (unpaired) electrons. The predicted octanol–water partition coefficient (Wildman–Crippen LogP) is 4.84. The number of rotatable bonds is 2. The van der Waals surface area contributed by atoms with Crippen molar-refractivity contribution in [2.75, 3.05) is 14.2 Å². The number of hydrogen-bond donors (Lipinski definition) is 0. The highest BCUT2D eigenvalue weighted by Crippen LogP contribution is 2.35. The summed E-state index contributed by atoms with van der Waals surface area (Å²) in [4.78, 5) is 7.71. The van der Waals surface area contributed by atoms with Gasteiger partial charge in [0.1, 0.15) is 6.04 Å². The Kier molecular flexibility index (Phi) is 5.82. The van der Waals surface area contributed by atoms with Crippen molar-refractivity contribution in [1.82, 2.24) is 4.98 Å². The van der Waals surface area contributed by atoms with Crippen LogP contribution in [0.2, 0.25) is 0 Å². The maximum atomic E-state index is 12.6. The van der Waals surface area contributed by atoms with E-state index >= 15 is 0 Å². The van der Waals surface area contributed by atoms with Gasteiger partial charge < -0.3 is 9.47 Å². The fraction of sp³-hybridized carbons (Fsp3) is 0.238. The third kappa shape index (κ3) is 4.42. The van der Waals surface area contributed by atoms with E-state index in [1.807, 2.05) is 30.5 Å². The van der Waals surface area contributed by atoms with Crippen molar-refractivity contribution < 1.29 is 22.6 Å². The van der Waals surface area contributed by atoms with Crippen molar-refractivity contribution in [1.29, 1.82) is 0 Å². The number of para-hydroxylation sites is 1. The lowest BCUT2D eigenvalue weighted by atomic mass is 9.97. The maximum Gasteiger partial charge on any atom is 0.411 e. The molecule has 3 aromatic rings. The summed E-state index contributed by atoms with van der Waals surface area (Å²) in [5.74, 6) is 0.903. The summed E-state index contributed by atoms with van der Waals surface area (Å²) in [6, 6.07) is 13.6. The predicted molar refractivity (Wildman–Crippen MR) is 102 cm³/mol. The van der Waals surface area contributed by atoms with Gasteiger partial charge in [-0.3, -0.25) is 9.98 Å². The number of methoxy groups -OCH3 is 2. The monoisotopic (exact) mass is 388 g/mol. The molecular weight excluding hydrogens is 369 g/mol. The van der Waals surface area contributed by atoms with Gasteiger partial charge in [-0.1, -0.05) is 24.3 Å². The summed E-state index contributed by atoms with van der Waals surface area (Å²) in [7, 11) is 2.92. The van der Waals surface area contributed by atoms with E-state index in [-0.39, 0.29) is 6.42 Å². The minimum absolute atomic E-state index is 0.171. The zero-order valence-corrected chi connectivity index (χ0v) is 15.4. The van der Waals surface area contributed by atoms with Crippen LogP contribution in [-0.2, 0) is 6.42 Å². The van der Waals surface area contributed by atoms with Crippen LogP contribution in [-0.4, -0.2) is 37.6 Å². The number of ether oxygens (including phenoxy) is 2. The van der Waals surface area contributed by atoms with E-state index in [0.717, 1.165) is 5.52 Å². The lowest BCUT2D eigenvalue weighted by Crippen LogP contribution is -2.31. The zero-order valence-electron chi connectivity index (χ0n) is 15.4. The average molecular weight is 388 g/mol. The van der Waals surface area contributed by atoms with E-state index in [2.05, 4.69) is 22.1 Å². The lowest BCUT2D eigenvalue weighted by molar-refractivity contribution is -0.146. The van der Waals surface area contributed by atoms with Gasteiger partial charge in [0, 0.05) is 24.2 Å². The molecule has 2 aromatic carbocycles. The second kappa shape index (κ2) is 8.29. The highest BCUT2D eigenvalue weighted by atomic mass is 19.4. The summed E-state index contributed by atoms with van der Waals surface area (Å²) >= 11 is 0. The standard InChI is InChI=1S/C12H12F3NO2.C9H7N/c1-17-9-3-7-5-11(12(13,14)15)16-6-8(7)4-10(9)18-2;1-2-6-9-8(4-1)5-3-7-10-9/h3-4,6,11H,5H2,1-2H3;1-7H. The van der Waals surface area contributed by atoms with Gasteiger partial charge in [0.2, 0.25) is 0 Å². The summed E-state index contributed by atoms with van der Waals surface area (Å²) in [6.07, 6.45) is -1.45. The number of aliphatic imine (C=N–C) groups is 1. The van der Waals surface area contributed by atoms with Gasteiger partial charge >= 0.3 is 6.18 Å². The molecule has 0 fully saturated rings. The Hall–Kier alpha value is -3.09. The van der Waals surface area contributed by atoms with Crippen molar-refractivity contribution in [2.24, 2.45) is 4.99 Å². The van der Waals surface area contributed by atoms with Crippen LogP contribution in [0, 0.1) is 0 Å². The van der Waals surface area contributed by atoms with Crippen LogP contribution in [0.15, 0.2) is 59.7 Å². The van der Waals surface area contributed by atoms with E-state index in [1.54, 1.807) is 12.1 Å². The lowest BCUT2D eigenvalue weighted by Gasteiger charge is -2.22. The first-order valence-corrected chi connectivity index (χ1v) is 8.57. The van der Waals surface area contributed by atoms with Crippen molar-refractivity contribution in [3.05, 3.63) is 65.9 Å². The first kappa shape index (κ1) is 19.7. The van der Waals surface area contributed by atoms with Crippen LogP contribution >= 0.6 is 0 Å². The summed E-state index contributed by atoms with van der Waals surface area (Å²) in [5, 5.41) is 1.20. The molecule has 0 aliphatic carbocycles. The quantitative estimate of drug-likeness (QED) is 0.631. The Labute approximate surface area is 160 Å². The molecule has 1 aliphatic heterocycles. The number of benzene rings is 2. The Bertz CT molecular complexity index is 922. The minimum Gasteiger partial charge on any atom is -0.493 e. The summed E-state index contributed by atoms with van der Waals surface area (Å²) in [6.45, 7) is 0. The number of alkyl halides is 3. The van der Waals surface area contributed by atoms with Crippen LogP contribution in [0.1, 0.15) is 11.1 Å².